The lowest BCUT2D eigenvalue weighted by Gasteiger charge is -2.36. The second-order valence-corrected chi connectivity index (χ2v) is 9.34. The van der Waals surface area contributed by atoms with E-state index in [9.17, 15) is 18.8 Å². The van der Waals surface area contributed by atoms with Gasteiger partial charge < -0.3 is 9.15 Å². The Morgan fingerprint density at radius 1 is 1.09 bits per heavy atom. The molecule has 2 aromatic carbocycles. The first-order valence-electron chi connectivity index (χ1n) is 11.1. The summed E-state index contributed by atoms with van der Waals surface area (Å²) in [7, 11) is 0. The van der Waals surface area contributed by atoms with Crippen LogP contribution in [0.15, 0.2) is 45.6 Å². The molecule has 0 radical (unpaired) electrons. The zero-order chi connectivity index (χ0) is 23.3. The van der Waals surface area contributed by atoms with Crippen molar-refractivity contribution >= 4 is 34.3 Å². The number of carbonyl (C=O) groups excluding carboxylic acids is 2. The standard InChI is InChI=1S/C26H22ClFO5/c1-13-22(23-19(27)6-3-7-20(23)28)25(30)18-9-8-17(12-21(18)32-13)33-26(31)16-10-14-4-2-5-15(11-16)24(14)29/h3,6-9,12,14-16H,2,4-5,10-11H2,1H3. The molecule has 0 aliphatic heterocycles. The van der Waals surface area contributed by atoms with E-state index in [4.69, 9.17) is 20.8 Å². The molecule has 1 aromatic heterocycles. The maximum Gasteiger partial charge on any atom is 0.314 e. The van der Waals surface area contributed by atoms with Gasteiger partial charge in [-0.3, -0.25) is 14.4 Å². The summed E-state index contributed by atoms with van der Waals surface area (Å²) in [6.45, 7) is 1.56. The van der Waals surface area contributed by atoms with Crippen molar-refractivity contribution < 1.29 is 23.1 Å². The minimum atomic E-state index is -0.612. The van der Waals surface area contributed by atoms with Gasteiger partial charge in [0.05, 0.1) is 21.9 Å². The molecule has 2 atom stereocenters. The summed E-state index contributed by atoms with van der Waals surface area (Å²) in [6.07, 6.45) is 3.78. The van der Waals surface area contributed by atoms with Crippen LogP contribution in [0.2, 0.25) is 5.02 Å². The van der Waals surface area contributed by atoms with Crippen LogP contribution in [0.1, 0.15) is 37.9 Å². The predicted molar refractivity (Wildman–Crippen MR) is 122 cm³/mol. The Hall–Kier alpha value is -2.99. The fourth-order valence-corrected chi connectivity index (χ4v) is 5.50. The maximum absolute atomic E-state index is 14.4. The van der Waals surface area contributed by atoms with E-state index < -0.39 is 11.2 Å². The predicted octanol–water partition coefficient (Wildman–Crippen LogP) is 5.86. The van der Waals surface area contributed by atoms with Gasteiger partial charge in [0.25, 0.3) is 0 Å². The maximum atomic E-state index is 14.4. The summed E-state index contributed by atoms with van der Waals surface area (Å²) < 4.78 is 25.9. The number of ketones is 1. The minimum Gasteiger partial charge on any atom is -0.460 e. The third-order valence-electron chi connectivity index (χ3n) is 6.85. The van der Waals surface area contributed by atoms with E-state index in [0.717, 1.165) is 19.3 Å². The summed E-state index contributed by atoms with van der Waals surface area (Å²) >= 11 is 6.16. The number of ether oxygens (including phenoxy) is 1. The number of carbonyl (C=O) groups is 2. The van der Waals surface area contributed by atoms with Gasteiger partial charge in [0.2, 0.25) is 5.43 Å². The number of benzene rings is 2. The first-order valence-corrected chi connectivity index (χ1v) is 11.5. The molecule has 0 spiro atoms. The summed E-state index contributed by atoms with van der Waals surface area (Å²) in [4.78, 5) is 38.3. The fraction of sp³-hybridized carbons (Fsp3) is 0.346. The van der Waals surface area contributed by atoms with Crippen molar-refractivity contribution in [2.24, 2.45) is 17.8 Å². The zero-order valence-corrected chi connectivity index (χ0v) is 18.8. The van der Waals surface area contributed by atoms with Crippen LogP contribution in [-0.2, 0) is 9.59 Å². The highest BCUT2D eigenvalue weighted by atomic mass is 35.5. The summed E-state index contributed by atoms with van der Waals surface area (Å²) in [5.41, 5.74) is -0.124. The van der Waals surface area contributed by atoms with Crippen molar-refractivity contribution in [3.05, 3.63) is 63.2 Å². The van der Waals surface area contributed by atoms with Gasteiger partial charge in [0, 0.05) is 23.5 Å². The van der Waals surface area contributed by atoms with Gasteiger partial charge in [-0.15, -0.1) is 0 Å². The molecule has 3 aromatic rings. The Labute approximate surface area is 194 Å². The SMILES string of the molecule is Cc1oc2cc(OC(=O)C3CC4CCCC(C3)C4=O)ccc2c(=O)c1-c1c(F)cccc1Cl. The highest BCUT2D eigenvalue weighted by Crippen LogP contribution is 2.41. The van der Waals surface area contributed by atoms with Crippen molar-refractivity contribution in [3.8, 4) is 16.9 Å². The largest absolute Gasteiger partial charge is 0.460 e. The highest BCUT2D eigenvalue weighted by Gasteiger charge is 2.42. The zero-order valence-electron chi connectivity index (χ0n) is 18.0. The van der Waals surface area contributed by atoms with Crippen LogP contribution in [0.4, 0.5) is 4.39 Å². The number of halogens is 2. The van der Waals surface area contributed by atoms with Crippen molar-refractivity contribution in [1.29, 1.82) is 0 Å². The fourth-order valence-electron chi connectivity index (χ4n) is 5.25. The van der Waals surface area contributed by atoms with Crippen LogP contribution in [0.3, 0.4) is 0 Å². The molecular formula is C26H22ClFO5. The number of esters is 1. The quantitative estimate of drug-likeness (QED) is 0.355. The van der Waals surface area contributed by atoms with Crippen LogP contribution in [0.25, 0.3) is 22.1 Å². The molecule has 2 aliphatic rings. The highest BCUT2D eigenvalue weighted by molar-refractivity contribution is 6.33. The minimum absolute atomic E-state index is 0.000199. The first kappa shape index (κ1) is 21.8. The molecule has 0 N–H and O–H groups in total. The second-order valence-electron chi connectivity index (χ2n) is 8.93. The summed E-state index contributed by atoms with van der Waals surface area (Å²) in [6, 6.07) is 8.73. The van der Waals surface area contributed by atoms with Crippen molar-refractivity contribution in [3.63, 3.8) is 0 Å². The number of Topliss-reactive ketones (excluding diaryl/α,β-unsaturated/α-hetero) is 1. The van der Waals surface area contributed by atoms with Gasteiger partial charge in [0.1, 0.15) is 28.7 Å². The van der Waals surface area contributed by atoms with Gasteiger partial charge >= 0.3 is 5.97 Å². The van der Waals surface area contributed by atoms with Crippen molar-refractivity contribution in [2.75, 3.05) is 0 Å². The molecule has 5 nitrogen and oxygen atoms in total. The van der Waals surface area contributed by atoms with Crippen LogP contribution >= 0.6 is 11.6 Å². The third-order valence-corrected chi connectivity index (χ3v) is 7.17. The molecule has 5 rings (SSSR count). The van der Waals surface area contributed by atoms with Crippen LogP contribution < -0.4 is 10.2 Å². The Kier molecular flexibility index (Phi) is 5.57. The lowest BCUT2D eigenvalue weighted by molar-refractivity contribution is -0.145. The van der Waals surface area contributed by atoms with Gasteiger partial charge in [-0.2, -0.15) is 0 Å². The van der Waals surface area contributed by atoms with E-state index in [1.54, 1.807) is 6.92 Å². The number of rotatable bonds is 3. The molecule has 0 saturated heterocycles. The first-order chi connectivity index (χ1) is 15.8. The number of fused-ring (bicyclic) bond motifs is 3. The van der Waals surface area contributed by atoms with E-state index in [1.807, 2.05) is 0 Å². The van der Waals surface area contributed by atoms with E-state index in [2.05, 4.69) is 0 Å². The smallest absolute Gasteiger partial charge is 0.314 e. The van der Waals surface area contributed by atoms with Crippen LogP contribution in [0, 0.1) is 30.5 Å². The summed E-state index contributed by atoms with van der Waals surface area (Å²) in [5.74, 6) is -0.625. The van der Waals surface area contributed by atoms with E-state index in [-0.39, 0.29) is 62.4 Å². The Morgan fingerprint density at radius 2 is 1.82 bits per heavy atom. The average molecular weight is 469 g/mol. The molecule has 7 heteroatoms. The monoisotopic (exact) mass is 468 g/mol. The second kappa shape index (κ2) is 8.41. The Balaban J connectivity index is 1.44. The normalized spacial score (nSPS) is 22.4. The van der Waals surface area contributed by atoms with E-state index in [0.29, 0.717) is 18.6 Å². The van der Waals surface area contributed by atoms with Crippen LogP contribution in [-0.4, -0.2) is 11.8 Å². The lowest BCUT2D eigenvalue weighted by atomic mass is 9.67. The molecule has 1 heterocycles. The molecule has 170 valence electrons. The molecular weight excluding hydrogens is 447 g/mol. The van der Waals surface area contributed by atoms with Gasteiger partial charge in [-0.25, -0.2) is 4.39 Å². The van der Waals surface area contributed by atoms with Crippen molar-refractivity contribution in [2.45, 2.75) is 39.0 Å². The summed E-state index contributed by atoms with van der Waals surface area (Å²) in [5, 5.41) is 0.346. The molecule has 2 bridgehead atoms. The molecule has 33 heavy (non-hydrogen) atoms. The third kappa shape index (κ3) is 3.86. The molecule has 2 saturated carbocycles. The topological polar surface area (TPSA) is 73.6 Å². The molecule has 2 aliphatic carbocycles. The average Bonchev–Trinajstić information content (AvgIpc) is 2.75. The number of hydrogen-bond acceptors (Lipinski definition) is 5. The van der Waals surface area contributed by atoms with Gasteiger partial charge in [0.15, 0.2) is 0 Å². The van der Waals surface area contributed by atoms with Gasteiger partial charge in [-0.05, 0) is 56.9 Å². The Bertz CT molecular complexity index is 1310. The van der Waals surface area contributed by atoms with Crippen LogP contribution in [0.5, 0.6) is 5.75 Å². The molecule has 2 fully saturated rings. The van der Waals surface area contributed by atoms with Crippen molar-refractivity contribution in [1.82, 2.24) is 0 Å². The molecule has 0 amide bonds. The van der Waals surface area contributed by atoms with E-state index >= 15 is 0 Å². The molecule has 2 unspecified atom stereocenters. The Morgan fingerprint density at radius 3 is 2.52 bits per heavy atom. The number of aryl methyl sites for hydroxylation is 1. The van der Waals surface area contributed by atoms with E-state index in [1.165, 1.54) is 36.4 Å². The van der Waals surface area contributed by atoms with Gasteiger partial charge in [-0.1, -0.05) is 24.1 Å². The lowest BCUT2D eigenvalue weighted by Crippen LogP contribution is -2.40. The number of hydrogen-bond donors (Lipinski definition) is 0.